The van der Waals surface area contributed by atoms with E-state index < -0.39 is 29.3 Å². The molecule has 0 saturated carbocycles. The lowest BCUT2D eigenvalue weighted by Crippen LogP contribution is -2.28. The Kier molecular flexibility index (Phi) is 6.64. The molecule has 1 aliphatic heterocycles. The molecule has 2 aromatic rings. The zero-order chi connectivity index (χ0) is 22.5. The van der Waals surface area contributed by atoms with Crippen LogP contribution in [-0.2, 0) is 25.5 Å². The molecular weight excluding hydrogens is 402 g/mol. The molecular formula is C22H23N3O6. The number of anilines is 2. The molecule has 31 heavy (non-hydrogen) atoms. The summed E-state index contributed by atoms with van der Waals surface area (Å²) in [5, 5.41) is 13.3. The van der Waals surface area contributed by atoms with Crippen LogP contribution in [0.3, 0.4) is 0 Å². The number of hydrogen-bond acceptors (Lipinski definition) is 6. The van der Waals surface area contributed by atoms with Crippen molar-refractivity contribution < 1.29 is 24.0 Å². The summed E-state index contributed by atoms with van der Waals surface area (Å²) in [7, 11) is 0. The smallest absolute Gasteiger partial charge is 0.311 e. The molecule has 9 heteroatoms. The summed E-state index contributed by atoms with van der Waals surface area (Å²) < 4.78 is 5.09. The molecule has 3 rings (SSSR count). The van der Waals surface area contributed by atoms with E-state index in [-0.39, 0.29) is 24.6 Å². The molecule has 0 aliphatic carbocycles. The molecule has 1 unspecified atom stereocenters. The van der Waals surface area contributed by atoms with Crippen molar-refractivity contribution in [2.45, 2.75) is 26.7 Å². The van der Waals surface area contributed by atoms with Crippen molar-refractivity contribution in [3.05, 3.63) is 63.7 Å². The Morgan fingerprint density at radius 1 is 1.23 bits per heavy atom. The second-order valence-electron chi connectivity index (χ2n) is 7.34. The van der Waals surface area contributed by atoms with Crippen molar-refractivity contribution in [1.82, 2.24) is 0 Å². The van der Waals surface area contributed by atoms with Gasteiger partial charge in [0.25, 0.3) is 11.6 Å². The highest BCUT2D eigenvalue weighted by atomic mass is 16.6. The van der Waals surface area contributed by atoms with E-state index in [1.807, 2.05) is 31.2 Å². The Morgan fingerprint density at radius 3 is 2.55 bits per heavy atom. The highest BCUT2D eigenvalue weighted by Crippen LogP contribution is 2.26. The Hall–Kier alpha value is -3.75. The van der Waals surface area contributed by atoms with E-state index in [0.717, 1.165) is 17.7 Å². The molecule has 1 heterocycles. The fraction of sp³-hybridized carbons (Fsp3) is 0.318. The number of hydrogen-bond donors (Lipinski definition) is 1. The Labute approximate surface area is 179 Å². The molecule has 1 aliphatic rings. The quantitative estimate of drug-likeness (QED) is 0.414. The molecule has 0 aromatic heterocycles. The van der Waals surface area contributed by atoms with Crippen molar-refractivity contribution in [2.24, 2.45) is 5.92 Å². The average molecular weight is 425 g/mol. The molecule has 162 valence electrons. The summed E-state index contributed by atoms with van der Waals surface area (Å²) >= 11 is 0. The lowest BCUT2D eigenvalue weighted by atomic mass is 10.1. The van der Waals surface area contributed by atoms with E-state index in [9.17, 15) is 24.5 Å². The van der Waals surface area contributed by atoms with Crippen LogP contribution in [-0.4, -0.2) is 35.9 Å². The third-order valence-corrected chi connectivity index (χ3v) is 5.16. The average Bonchev–Trinajstić information content (AvgIpc) is 3.15. The fourth-order valence-electron chi connectivity index (χ4n) is 3.37. The number of esters is 1. The van der Waals surface area contributed by atoms with Crippen LogP contribution < -0.4 is 10.2 Å². The molecule has 1 atom stereocenters. The van der Waals surface area contributed by atoms with Crippen molar-refractivity contribution in [1.29, 1.82) is 0 Å². The number of ether oxygens (including phenoxy) is 1. The van der Waals surface area contributed by atoms with Gasteiger partial charge in [-0.3, -0.25) is 24.5 Å². The molecule has 0 spiro atoms. The van der Waals surface area contributed by atoms with Gasteiger partial charge in [0.1, 0.15) is 0 Å². The van der Waals surface area contributed by atoms with E-state index in [1.165, 1.54) is 18.2 Å². The van der Waals surface area contributed by atoms with E-state index in [1.54, 1.807) is 11.8 Å². The first kappa shape index (κ1) is 21.9. The van der Waals surface area contributed by atoms with Crippen LogP contribution in [0.25, 0.3) is 0 Å². The van der Waals surface area contributed by atoms with Gasteiger partial charge < -0.3 is 15.0 Å². The zero-order valence-corrected chi connectivity index (χ0v) is 17.3. The second-order valence-corrected chi connectivity index (χ2v) is 7.34. The van der Waals surface area contributed by atoms with Crippen LogP contribution in [0, 0.1) is 23.0 Å². The number of benzene rings is 2. The summed E-state index contributed by atoms with van der Waals surface area (Å²) in [6.45, 7) is 3.36. The maximum absolute atomic E-state index is 12.4. The van der Waals surface area contributed by atoms with E-state index in [2.05, 4.69) is 5.32 Å². The van der Waals surface area contributed by atoms with Gasteiger partial charge in [-0.25, -0.2) is 0 Å². The molecule has 1 fully saturated rings. The predicted octanol–water partition coefficient (Wildman–Crippen LogP) is 3.00. The van der Waals surface area contributed by atoms with Crippen LogP contribution in [0.5, 0.6) is 0 Å². The zero-order valence-electron chi connectivity index (χ0n) is 17.3. The van der Waals surface area contributed by atoms with Gasteiger partial charge in [0.05, 0.1) is 10.8 Å². The molecule has 2 amide bonds. The molecule has 9 nitrogen and oxygen atoms in total. The lowest BCUT2D eigenvalue weighted by molar-refractivity contribution is -0.384. The summed E-state index contributed by atoms with van der Waals surface area (Å²) in [5.41, 5.74) is 2.70. The topological polar surface area (TPSA) is 119 Å². The third-order valence-electron chi connectivity index (χ3n) is 5.16. The maximum atomic E-state index is 12.4. The molecule has 1 saturated heterocycles. The van der Waals surface area contributed by atoms with Crippen molar-refractivity contribution in [3.63, 3.8) is 0 Å². The summed E-state index contributed by atoms with van der Waals surface area (Å²) in [4.78, 5) is 48.6. The van der Waals surface area contributed by atoms with Crippen molar-refractivity contribution >= 4 is 34.8 Å². The Morgan fingerprint density at radius 2 is 1.94 bits per heavy atom. The highest BCUT2D eigenvalue weighted by molar-refractivity contribution is 6.00. The number of nitro groups is 1. The lowest BCUT2D eigenvalue weighted by Gasteiger charge is -2.17. The first-order valence-electron chi connectivity index (χ1n) is 9.89. The van der Waals surface area contributed by atoms with Gasteiger partial charge in [0.2, 0.25) is 5.91 Å². The highest BCUT2D eigenvalue weighted by Gasteiger charge is 2.36. The summed E-state index contributed by atoms with van der Waals surface area (Å²) in [6, 6.07) is 11.6. The minimum Gasteiger partial charge on any atom is -0.455 e. The number of carbonyl (C=O) groups is 3. The van der Waals surface area contributed by atoms with Gasteiger partial charge in [-0.05, 0) is 42.7 Å². The molecule has 1 N–H and O–H groups in total. The minimum absolute atomic E-state index is 0.0252. The summed E-state index contributed by atoms with van der Waals surface area (Å²) in [6.07, 6.45) is 0.919. The molecule has 0 bridgehead atoms. The number of nitrogens with one attached hydrogen (secondary N) is 1. The van der Waals surface area contributed by atoms with Crippen LogP contribution >= 0.6 is 0 Å². The van der Waals surface area contributed by atoms with E-state index >= 15 is 0 Å². The number of nitro benzene ring substituents is 1. The number of non-ortho nitro benzene ring substituents is 1. The SMILES string of the molecule is CCc1ccc(N2CC(C(=O)OCC(=O)Nc3ccc([N+](=O)[O-])cc3C)CC2=O)cc1. The number of carbonyl (C=O) groups excluding carboxylic acids is 3. The number of nitrogens with zero attached hydrogens (tertiary/aromatic N) is 2. The van der Waals surface area contributed by atoms with Crippen molar-refractivity contribution in [2.75, 3.05) is 23.4 Å². The van der Waals surface area contributed by atoms with Gasteiger partial charge in [-0.2, -0.15) is 0 Å². The van der Waals surface area contributed by atoms with Gasteiger partial charge in [-0.1, -0.05) is 19.1 Å². The minimum atomic E-state index is -0.646. The van der Waals surface area contributed by atoms with E-state index in [0.29, 0.717) is 11.3 Å². The van der Waals surface area contributed by atoms with E-state index in [4.69, 9.17) is 4.74 Å². The number of amides is 2. The van der Waals surface area contributed by atoms with Crippen LogP contribution in [0.1, 0.15) is 24.5 Å². The number of aryl methyl sites for hydroxylation is 2. The Balaban J connectivity index is 1.53. The fourth-order valence-corrected chi connectivity index (χ4v) is 3.37. The largest absolute Gasteiger partial charge is 0.455 e. The van der Waals surface area contributed by atoms with Gasteiger partial charge in [0, 0.05) is 36.5 Å². The number of rotatable bonds is 7. The van der Waals surface area contributed by atoms with Crippen LogP contribution in [0.15, 0.2) is 42.5 Å². The Bertz CT molecular complexity index is 1020. The normalized spacial score (nSPS) is 15.6. The van der Waals surface area contributed by atoms with Gasteiger partial charge >= 0.3 is 5.97 Å². The van der Waals surface area contributed by atoms with Gasteiger partial charge in [0.15, 0.2) is 6.61 Å². The maximum Gasteiger partial charge on any atom is 0.311 e. The second kappa shape index (κ2) is 9.38. The van der Waals surface area contributed by atoms with Crippen LogP contribution in [0.2, 0.25) is 0 Å². The predicted molar refractivity (Wildman–Crippen MR) is 114 cm³/mol. The standard InChI is InChI=1S/C22H23N3O6/c1-3-15-4-6-17(7-5-15)24-12-16(11-21(24)27)22(28)31-13-20(26)23-19-9-8-18(25(29)30)10-14(19)2/h4-10,16H,3,11-13H2,1-2H3,(H,23,26). The third kappa shape index (κ3) is 5.25. The van der Waals surface area contributed by atoms with Crippen LogP contribution in [0.4, 0.5) is 17.1 Å². The monoisotopic (exact) mass is 425 g/mol. The molecule has 0 radical (unpaired) electrons. The van der Waals surface area contributed by atoms with Gasteiger partial charge in [-0.15, -0.1) is 0 Å². The first-order chi connectivity index (χ1) is 14.8. The first-order valence-corrected chi connectivity index (χ1v) is 9.89. The summed E-state index contributed by atoms with van der Waals surface area (Å²) in [5.74, 6) is -2.00. The molecule has 2 aromatic carbocycles. The van der Waals surface area contributed by atoms with Crippen molar-refractivity contribution in [3.8, 4) is 0 Å².